The minimum atomic E-state index is 0.244. The molecule has 11 heavy (non-hydrogen) atoms. The van der Waals surface area contributed by atoms with E-state index >= 15 is 0 Å². The molecule has 60 valence electrons. The first-order chi connectivity index (χ1) is 5.29. The van der Waals surface area contributed by atoms with Crippen LogP contribution in [0.2, 0.25) is 5.02 Å². The van der Waals surface area contributed by atoms with Crippen molar-refractivity contribution in [2.45, 2.75) is 25.2 Å². The van der Waals surface area contributed by atoms with Crippen LogP contribution in [0, 0.1) is 0 Å². The van der Waals surface area contributed by atoms with E-state index in [1.54, 1.807) is 0 Å². The summed E-state index contributed by atoms with van der Waals surface area (Å²) in [5.74, 6) is 0.733. The van der Waals surface area contributed by atoms with Gasteiger partial charge in [-0.3, -0.25) is 0 Å². The minimum Gasteiger partial charge on any atom is -0.366 e. The molecule has 0 aromatic carbocycles. The van der Waals surface area contributed by atoms with E-state index in [1.807, 2.05) is 0 Å². The lowest BCUT2D eigenvalue weighted by atomic mass is 9.83. The molecule has 0 saturated heterocycles. The van der Waals surface area contributed by atoms with Crippen molar-refractivity contribution in [3.05, 3.63) is 10.7 Å². The minimum absolute atomic E-state index is 0.244. The van der Waals surface area contributed by atoms with E-state index in [-0.39, 0.29) is 5.88 Å². The summed E-state index contributed by atoms with van der Waals surface area (Å²) in [5.41, 5.74) is 6.24. The molecular formula is C7H9ClN2O. The zero-order valence-electron chi connectivity index (χ0n) is 6.01. The molecule has 0 atom stereocenters. The molecule has 0 spiro atoms. The second-order valence-corrected chi connectivity index (χ2v) is 3.25. The van der Waals surface area contributed by atoms with Crippen LogP contribution in [0.5, 0.6) is 0 Å². The summed E-state index contributed by atoms with van der Waals surface area (Å²) in [6.07, 6.45) is 3.57. The smallest absolute Gasteiger partial charge is 0.241 e. The third-order valence-corrected chi connectivity index (χ3v) is 2.56. The lowest BCUT2D eigenvalue weighted by Crippen LogP contribution is -2.09. The maximum atomic E-state index is 5.84. The molecule has 3 nitrogen and oxygen atoms in total. The third-order valence-electron chi connectivity index (χ3n) is 2.18. The van der Waals surface area contributed by atoms with E-state index in [0.29, 0.717) is 10.9 Å². The molecule has 0 radical (unpaired) electrons. The summed E-state index contributed by atoms with van der Waals surface area (Å²) in [6, 6.07) is 0. The molecule has 1 aliphatic rings. The van der Waals surface area contributed by atoms with Crippen molar-refractivity contribution in [3.8, 4) is 0 Å². The topological polar surface area (TPSA) is 52.0 Å². The van der Waals surface area contributed by atoms with Gasteiger partial charge in [0, 0.05) is 5.92 Å². The van der Waals surface area contributed by atoms with Crippen LogP contribution in [0.15, 0.2) is 4.52 Å². The Hall–Kier alpha value is -0.700. The van der Waals surface area contributed by atoms with Gasteiger partial charge < -0.3 is 10.3 Å². The third kappa shape index (κ3) is 0.997. The largest absolute Gasteiger partial charge is 0.366 e. The Balaban J connectivity index is 2.29. The second kappa shape index (κ2) is 2.41. The summed E-state index contributed by atoms with van der Waals surface area (Å²) < 4.78 is 4.75. The quantitative estimate of drug-likeness (QED) is 0.707. The number of rotatable bonds is 1. The van der Waals surface area contributed by atoms with Gasteiger partial charge in [-0.2, -0.15) is 0 Å². The molecule has 0 amide bonds. The van der Waals surface area contributed by atoms with Gasteiger partial charge in [-0.15, -0.1) is 0 Å². The molecule has 1 aromatic rings. The monoisotopic (exact) mass is 172 g/mol. The van der Waals surface area contributed by atoms with Crippen LogP contribution in [-0.2, 0) is 0 Å². The van der Waals surface area contributed by atoms with Crippen molar-refractivity contribution < 1.29 is 4.52 Å². The van der Waals surface area contributed by atoms with Crippen LogP contribution in [-0.4, -0.2) is 5.16 Å². The first-order valence-corrected chi connectivity index (χ1v) is 4.07. The number of anilines is 1. The number of nitrogens with zero attached hydrogens (tertiary/aromatic N) is 1. The van der Waals surface area contributed by atoms with Gasteiger partial charge in [0.25, 0.3) is 0 Å². The zero-order valence-corrected chi connectivity index (χ0v) is 6.77. The molecule has 2 N–H and O–H groups in total. The summed E-state index contributed by atoms with van der Waals surface area (Å²) in [6.45, 7) is 0. The predicted molar refractivity (Wildman–Crippen MR) is 42.5 cm³/mol. The molecular weight excluding hydrogens is 164 g/mol. The van der Waals surface area contributed by atoms with Gasteiger partial charge in [-0.25, -0.2) is 0 Å². The van der Waals surface area contributed by atoms with Gasteiger partial charge >= 0.3 is 0 Å². The van der Waals surface area contributed by atoms with Gasteiger partial charge in [0.2, 0.25) is 5.88 Å². The highest BCUT2D eigenvalue weighted by Crippen LogP contribution is 2.40. The maximum absolute atomic E-state index is 5.84. The van der Waals surface area contributed by atoms with E-state index in [1.165, 1.54) is 6.42 Å². The summed E-state index contributed by atoms with van der Waals surface area (Å²) in [5, 5.41) is 4.31. The van der Waals surface area contributed by atoms with Crippen molar-refractivity contribution in [1.82, 2.24) is 5.16 Å². The first-order valence-electron chi connectivity index (χ1n) is 3.69. The Kier molecular flexibility index (Phi) is 1.53. The predicted octanol–water partition coefficient (Wildman–Crippen LogP) is 2.18. The summed E-state index contributed by atoms with van der Waals surface area (Å²) in [7, 11) is 0. The van der Waals surface area contributed by atoms with E-state index in [0.717, 1.165) is 18.5 Å². The summed E-state index contributed by atoms with van der Waals surface area (Å²) >= 11 is 5.84. The van der Waals surface area contributed by atoms with Crippen molar-refractivity contribution in [2.24, 2.45) is 0 Å². The molecule has 0 aliphatic heterocycles. The molecule has 0 bridgehead atoms. The standard InChI is InChI=1S/C7H9ClN2O/c8-5-6(4-2-1-3-4)10-11-7(5)9/h4H,1-3,9H2. The fraction of sp³-hybridized carbons (Fsp3) is 0.571. The van der Waals surface area contributed by atoms with Crippen molar-refractivity contribution in [3.63, 3.8) is 0 Å². The average molecular weight is 173 g/mol. The highest BCUT2D eigenvalue weighted by Gasteiger charge is 2.26. The fourth-order valence-corrected chi connectivity index (χ4v) is 1.46. The van der Waals surface area contributed by atoms with Gasteiger partial charge in [-0.1, -0.05) is 23.2 Å². The lowest BCUT2D eigenvalue weighted by molar-refractivity contribution is 0.369. The Labute approximate surface area is 69.5 Å². The molecule has 2 rings (SSSR count). The van der Waals surface area contributed by atoms with Gasteiger partial charge in [0.15, 0.2) is 0 Å². The number of hydrogen-bond acceptors (Lipinski definition) is 3. The number of halogens is 1. The van der Waals surface area contributed by atoms with Crippen molar-refractivity contribution in [2.75, 3.05) is 5.73 Å². The molecule has 1 fully saturated rings. The zero-order chi connectivity index (χ0) is 7.84. The fourth-order valence-electron chi connectivity index (χ4n) is 1.24. The molecule has 4 heteroatoms. The highest BCUT2D eigenvalue weighted by molar-refractivity contribution is 6.33. The number of nitrogen functional groups attached to an aromatic ring is 1. The lowest BCUT2D eigenvalue weighted by Gasteiger charge is -2.22. The highest BCUT2D eigenvalue weighted by atomic mass is 35.5. The summed E-state index contributed by atoms with van der Waals surface area (Å²) in [4.78, 5) is 0. The average Bonchev–Trinajstić information content (AvgIpc) is 2.15. The Bertz CT molecular complexity index is 267. The Morgan fingerprint density at radius 2 is 2.27 bits per heavy atom. The Morgan fingerprint density at radius 1 is 1.55 bits per heavy atom. The normalized spacial score (nSPS) is 18.3. The molecule has 0 unspecified atom stereocenters. The van der Waals surface area contributed by atoms with Gasteiger partial charge in [0.1, 0.15) is 10.7 Å². The number of hydrogen-bond donors (Lipinski definition) is 1. The van der Waals surface area contributed by atoms with Crippen LogP contribution in [0.25, 0.3) is 0 Å². The number of nitrogens with two attached hydrogens (primary N) is 1. The van der Waals surface area contributed by atoms with Crippen LogP contribution in [0.3, 0.4) is 0 Å². The van der Waals surface area contributed by atoms with E-state index in [2.05, 4.69) is 5.16 Å². The maximum Gasteiger partial charge on any atom is 0.241 e. The molecule has 1 aromatic heterocycles. The van der Waals surface area contributed by atoms with Crippen LogP contribution < -0.4 is 5.73 Å². The van der Waals surface area contributed by atoms with E-state index in [4.69, 9.17) is 21.9 Å². The second-order valence-electron chi connectivity index (χ2n) is 2.87. The van der Waals surface area contributed by atoms with E-state index < -0.39 is 0 Å². The molecule has 1 aliphatic carbocycles. The number of aromatic nitrogens is 1. The van der Waals surface area contributed by atoms with Gasteiger partial charge in [-0.05, 0) is 12.8 Å². The Morgan fingerprint density at radius 3 is 2.64 bits per heavy atom. The SMILES string of the molecule is Nc1onc(C2CCC2)c1Cl. The first kappa shape index (κ1) is 6.98. The molecule has 1 heterocycles. The van der Waals surface area contributed by atoms with Crippen LogP contribution >= 0.6 is 11.6 Å². The van der Waals surface area contributed by atoms with E-state index in [9.17, 15) is 0 Å². The van der Waals surface area contributed by atoms with Crippen molar-refractivity contribution >= 4 is 17.5 Å². The molecule has 1 saturated carbocycles. The van der Waals surface area contributed by atoms with Crippen LogP contribution in [0.1, 0.15) is 30.9 Å². The van der Waals surface area contributed by atoms with Crippen molar-refractivity contribution in [1.29, 1.82) is 0 Å². The van der Waals surface area contributed by atoms with Crippen LogP contribution in [0.4, 0.5) is 5.88 Å². The van der Waals surface area contributed by atoms with Gasteiger partial charge in [0.05, 0.1) is 0 Å².